The third-order valence-corrected chi connectivity index (χ3v) is 8.46. The van der Waals surface area contributed by atoms with Gasteiger partial charge in [0, 0.05) is 36.7 Å². The quantitative estimate of drug-likeness (QED) is 0.227. The summed E-state index contributed by atoms with van der Waals surface area (Å²) in [7, 11) is 0. The first kappa shape index (κ1) is 22.9. The van der Waals surface area contributed by atoms with Crippen molar-refractivity contribution in [3.63, 3.8) is 0 Å². The topological polar surface area (TPSA) is 38.9 Å². The number of hydrogen-bond donors (Lipinski definition) is 0. The lowest BCUT2D eigenvalue weighted by atomic mass is 10.0. The van der Waals surface area contributed by atoms with Gasteiger partial charge in [0.05, 0.1) is 5.69 Å². The molecule has 0 bridgehead atoms. The molecule has 0 aliphatic rings. The Morgan fingerprint density at radius 2 is 1.15 bits per heavy atom. The van der Waals surface area contributed by atoms with Gasteiger partial charge < -0.3 is 4.42 Å². The van der Waals surface area contributed by atoms with Crippen LogP contribution in [0.4, 0.5) is 0 Å². The Kier molecular flexibility index (Phi) is 5.32. The fourth-order valence-corrected chi connectivity index (χ4v) is 6.43. The molecule has 0 saturated heterocycles. The van der Waals surface area contributed by atoms with Crippen molar-refractivity contribution >= 4 is 42.5 Å². The van der Waals surface area contributed by atoms with Crippen molar-refractivity contribution in [1.29, 1.82) is 0 Å². The van der Waals surface area contributed by atoms with E-state index in [2.05, 4.69) is 103 Å². The van der Waals surface area contributed by atoms with Crippen molar-refractivity contribution in [1.82, 2.24) is 9.97 Å². The summed E-state index contributed by atoms with van der Waals surface area (Å²) >= 11 is 1.80. The first-order chi connectivity index (χ1) is 19.8. The lowest BCUT2D eigenvalue weighted by Gasteiger charge is -2.09. The number of fused-ring (bicyclic) bond motifs is 4. The summed E-state index contributed by atoms with van der Waals surface area (Å²) in [4.78, 5) is 10.1. The Labute approximate surface area is 235 Å². The maximum Gasteiger partial charge on any atom is 0.160 e. The number of furan rings is 1. The van der Waals surface area contributed by atoms with Crippen molar-refractivity contribution in [2.24, 2.45) is 0 Å². The molecule has 0 unspecified atom stereocenters. The molecule has 3 nitrogen and oxygen atoms in total. The van der Waals surface area contributed by atoms with E-state index >= 15 is 0 Å². The van der Waals surface area contributed by atoms with Crippen LogP contribution >= 0.6 is 11.3 Å². The summed E-state index contributed by atoms with van der Waals surface area (Å²) in [5.74, 6) is 1.41. The molecule has 3 aromatic heterocycles. The van der Waals surface area contributed by atoms with Crippen LogP contribution in [-0.4, -0.2) is 9.97 Å². The molecule has 188 valence electrons. The molecule has 8 rings (SSSR count). The van der Waals surface area contributed by atoms with Gasteiger partial charge in [-0.1, -0.05) is 103 Å². The van der Waals surface area contributed by atoms with Crippen LogP contribution in [0.15, 0.2) is 138 Å². The van der Waals surface area contributed by atoms with Crippen molar-refractivity contribution in [2.75, 3.05) is 0 Å². The molecule has 0 radical (unpaired) electrons. The first-order valence-corrected chi connectivity index (χ1v) is 14.1. The van der Waals surface area contributed by atoms with Gasteiger partial charge in [-0.05, 0) is 41.5 Å². The summed E-state index contributed by atoms with van der Waals surface area (Å²) in [6.07, 6.45) is 0. The molecule has 0 aliphatic carbocycles. The molecule has 8 aromatic rings. The van der Waals surface area contributed by atoms with Crippen molar-refractivity contribution < 1.29 is 4.42 Å². The van der Waals surface area contributed by atoms with Gasteiger partial charge in [-0.2, -0.15) is 0 Å². The van der Waals surface area contributed by atoms with E-state index in [1.165, 1.54) is 31.3 Å². The van der Waals surface area contributed by atoms with Crippen molar-refractivity contribution in [3.8, 4) is 45.2 Å². The van der Waals surface area contributed by atoms with E-state index < -0.39 is 0 Å². The monoisotopic (exact) mass is 530 g/mol. The van der Waals surface area contributed by atoms with Gasteiger partial charge in [-0.3, -0.25) is 0 Å². The number of benzene rings is 5. The molecule has 0 aliphatic heterocycles. The van der Waals surface area contributed by atoms with E-state index in [1.54, 1.807) is 11.3 Å². The molecule has 0 saturated carbocycles. The lowest BCUT2D eigenvalue weighted by molar-refractivity contribution is 0.628. The molecule has 0 fully saturated rings. The number of para-hydroxylation sites is 1. The highest BCUT2D eigenvalue weighted by molar-refractivity contribution is 7.25. The minimum Gasteiger partial charge on any atom is -0.454 e. The normalized spacial score (nSPS) is 11.5. The highest BCUT2D eigenvalue weighted by atomic mass is 32.1. The van der Waals surface area contributed by atoms with Gasteiger partial charge >= 0.3 is 0 Å². The minimum absolute atomic E-state index is 0.680. The molecular weight excluding hydrogens is 508 g/mol. The first-order valence-electron chi connectivity index (χ1n) is 13.2. The Balaban J connectivity index is 1.28. The second kappa shape index (κ2) is 9.30. The van der Waals surface area contributed by atoms with E-state index in [4.69, 9.17) is 14.4 Å². The smallest absolute Gasteiger partial charge is 0.160 e. The Morgan fingerprint density at radius 1 is 0.475 bits per heavy atom. The minimum atomic E-state index is 0.680. The SMILES string of the molecule is c1ccc(-c2ccc(-c3cc(-c4cc5ccccc5o4)nc(-c4ccc5c(c4)sc4ccccc45)n3)cc2)cc1. The van der Waals surface area contributed by atoms with E-state index in [-0.39, 0.29) is 0 Å². The molecule has 4 heteroatoms. The predicted octanol–water partition coefficient (Wildman–Crippen LogP) is 10.3. The Bertz CT molecular complexity index is 2120. The van der Waals surface area contributed by atoms with Crippen LogP contribution in [0.2, 0.25) is 0 Å². The third kappa shape index (κ3) is 3.98. The Morgan fingerprint density at radius 3 is 2.02 bits per heavy atom. The average molecular weight is 531 g/mol. The molecule has 5 aromatic carbocycles. The maximum atomic E-state index is 6.23. The molecule has 0 N–H and O–H groups in total. The van der Waals surface area contributed by atoms with Crippen LogP contribution in [0.25, 0.3) is 76.4 Å². The zero-order chi connectivity index (χ0) is 26.5. The van der Waals surface area contributed by atoms with Crippen LogP contribution in [0.3, 0.4) is 0 Å². The highest BCUT2D eigenvalue weighted by Gasteiger charge is 2.15. The molecular formula is C36H22N2OS. The van der Waals surface area contributed by atoms with Gasteiger partial charge in [0.1, 0.15) is 11.3 Å². The van der Waals surface area contributed by atoms with Crippen LogP contribution in [0.5, 0.6) is 0 Å². The summed E-state index contributed by atoms with van der Waals surface area (Å²) in [5.41, 5.74) is 6.85. The van der Waals surface area contributed by atoms with E-state index in [0.717, 1.165) is 39.2 Å². The fraction of sp³-hybridized carbons (Fsp3) is 0. The van der Waals surface area contributed by atoms with Gasteiger partial charge in [0.15, 0.2) is 11.6 Å². The van der Waals surface area contributed by atoms with Crippen molar-refractivity contribution in [3.05, 3.63) is 133 Å². The van der Waals surface area contributed by atoms with Gasteiger partial charge in [0.2, 0.25) is 0 Å². The van der Waals surface area contributed by atoms with Crippen LogP contribution in [0.1, 0.15) is 0 Å². The average Bonchev–Trinajstić information content (AvgIpc) is 3.63. The molecule has 40 heavy (non-hydrogen) atoms. The standard InChI is InChI=1S/C36H22N2OS/c1-2-8-23(9-3-1)24-14-16-25(17-15-24)30-22-31(33-20-26-10-4-6-12-32(26)39-33)38-36(37-30)27-18-19-29-28-11-5-7-13-34(28)40-35(29)21-27/h1-22H. The summed E-state index contributed by atoms with van der Waals surface area (Å²) < 4.78 is 8.74. The van der Waals surface area contributed by atoms with E-state index in [0.29, 0.717) is 5.82 Å². The van der Waals surface area contributed by atoms with E-state index in [1.807, 2.05) is 30.3 Å². The number of thiophene rings is 1. The van der Waals surface area contributed by atoms with Gasteiger partial charge in [0.25, 0.3) is 0 Å². The second-order valence-electron chi connectivity index (χ2n) is 9.86. The van der Waals surface area contributed by atoms with Gasteiger partial charge in [-0.25, -0.2) is 9.97 Å². The van der Waals surface area contributed by atoms with Crippen LogP contribution < -0.4 is 0 Å². The van der Waals surface area contributed by atoms with Gasteiger partial charge in [-0.15, -0.1) is 11.3 Å². The number of nitrogens with zero attached hydrogens (tertiary/aromatic N) is 2. The lowest BCUT2D eigenvalue weighted by Crippen LogP contribution is -1.95. The third-order valence-electron chi connectivity index (χ3n) is 7.33. The molecule has 0 spiro atoms. The molecule has 0 atom stereocenters. The van der Waals surface area contributed by atoms with Crippen molar-refractivity contribution in [2.45, 2.75) is 0 Å². The maximum absolute atomic E-state index is 6.23. The zero-order valence-electron chi connectivity index (χ0n) is 21.4. The largest absolute Gasteiger partial charge is 0.454 e. The summed E-state index contributed by atoms with van der Waals surface area (Å²) in [6.45, 7) is 0. The highest BCUT2D eigenvalue weighted by Crippen LogP contribution is 2.37. The van der Waals surface area contributed by atoms with E-state index in [9.17, 15) is 0 Å². The number of hydrogen-bond acceptors (Lipinski definition) is 4. The number of rotatable bonds is 4. The second-order valence-corrected chi connectivity index (χ2v) is 10.9. The zero-order valence-corrected chi connectivity index (χ0v) is 22.2. The Hall–Kier alpha value is -5.06. The number of aromatic nitrogens is 2. The molecule has 0 amide bonds. The fourth-order valence-electron chi connectivity index (χ4n) is 5.29. The predicted molar refractivity (Wildman–Crippen MR) is 166 cm³/mol. The molecule has 3 heterocycles. The van der Waals surface area contributed by atoms with Crippen LogP contribution in [-0.2, 0) is 0 Å². The summed E-state index contributed by atoms with van der Waals surface area (Å²) in [6, 6.07) is 46.2. The summed E-state index contributed by atoms with van der Waals surface area (Å²) in [5, 5.41) is 3.60. The van der Waals surface area contributed by atoms with Crippen LogP contribution in [0, 0.1) is 0 Å².